The summed E-state index contributed by atoms with van der Waals surface area (Å²) >= 11 is 0. The van der Waals surface area contributed by atoms with Crippen molar-refractivity contribution in [1.82, 2.24) is 10.6 Å². The van der Waals surface area contributed by atoms with E-state index in [4.69, 9.17) is 9.47 Å². The molecule has 0 fully saturated rings. The number of ether oxygens (including phenoxy) is 2. The van der Waals surface area contributed by atoms with Crippen LogP contribution < -0.4 is 20.1 Å². The molecule has 5 nitrogen and oxygen atoms in total. The van der Waals surface area contributed by atoms with Gasteiger partial charge in [-0.3, -0.25) is 0 Å². The van der Waals surface area contributed by atoms with Crippen molar-refractivity contribution in [3.05, 3.63) is 24.3 Å². The van der Waals surface area contributed by atoms with Gasteiger partial charge in [0.05, 0.1) is 13.7 Å². The fraction of sp³-hybridized carbons (Fsp3) is 0.588. The number of hydrogen-bond acceptors (Lipinski definition) is 3. The van der Waals surface area contributed by atoms with E-state index in [1.807, 2.05) is 31.2 Å². The molecule has 1 aromatic rings. The van der Waals surface area contributed by atoms with Gasteiger partial charge in [0, 0.05) is 12.6 Å². The molecule has 0 saturated heterocycles. The molecular weight excluding hydrogens is 278 g/mol. The summed E-state index contributed by atoms with van der Waals surface area (Å²) in [6.45, 7) is 9.76. The molecule has 5 heteroatoms. The third-order valence-electron chi connectivity index (χ3n) is 3.24. The molecule has 0 bridgehead atoms. The highest BCUT2D eigenvalue weighted by Crippen LogP contribution is 2.26. The lowest BCUT2D eigenvalue weighted by atomic mass is 10.3. The van der Waals surface area contributed by atoms with E-state index in [2.05, 4.69) is 36.4 Å². The third-order valence-corrected chi connectivity index (χ3v) is 3.24. The quantitative estimate of drug-likeness (QED) is 0.573. The zero-order chi connectivity index (χ0) is 16.4. The number of rotatable bonds is 8. The van der Waals surface area contributed by atoms with E-state index in [-0.39, 0.29) is 6.10 Å². The lowest BCUT2D eigenvalue weighted by molar-refractivity contribution is 0.219. The van der Waals surface area contributed by atoms with E-state index in [1.54, 1.807) is 7.11 Å². The van der Waals surface area contributed by atoms with Crippen LogP contribution >= 0.6 is 0 Å². The second-order valence-corrected chi connectivity index (χ2v) is 5.25. The largest absolute Gasteiger partial charge is 0.493 e. The van der Waals surface area contributed by atoms with Gasteiger partial charge < -0.3 is 20.1 Å². The van der Waals surface area contributed by atoms with Crippen molar-refractivity contribution >= 4 is 5.96 Å². The van der Waals surface area contributed by atoms with Gasteiger partial charge in [0.15, 0.2) is 17.5 Å². The number of para-hydroxylation sites is 2. The van der Waals surface area contributed by atoms with Crippen LogP contribution in [0.1, 0.15) is 34.1 Å². The zero-order valence-corrected chi connectivity index (χ0v) is 14.3. The van der Waals surface area contributed by atoms with Crippen LogP contribution in [-0.2, 0) is 0 Å². The summed E-state index contributed by atoms with van der Waals surface area (Å²) in [6, 6.07) is 8.04. The molecule has 0 aromatic heterocycles. The number of guanidine groups is 1. The van der Waals surface area contributed by atoms with Gasteiger partial charge in [-0.15, -0.1) is 0 Å². The fourth-order valence-electron chi connectivity index (χ4n) is 1.85. The molecule has 22 heavy (non-hydrogen) atoms. The number of hydrogen-bond donors (Lipinski definition) is 2. The Bertz CT molecular complexity index is 463. The Labute approximate surface area is 134 Å². The molecular formula is C17H29N3O2. The molecule has 0 aliphatic rings. The Morgan fingerprint density at radius 2 is 1.86 bits per heavy atom. The average molecular weight is 307 g/mol. The van der Waals surface area contributed by atoms with E-state index < -0.39 is 0 Å². The molecule has 2 N–H and O–H groups in total. The van der Waals surface area contributed by atoms with Crippen molar-refractivity contribution in [2.45, 2.75) is 46.3 Å². The predicted molar refractivity (Wildman–Crippen MR) is 92.0 cm³/mol. The standard InChI is InChI=1S/C17H29N3O2/c1-6-13(3)20-17(18-7-2)19-12-14(4)22-16-11-9-8-10-15(16)21-5/h8-11,13-14H,6-7,12H2,1-5H3,(H2,18,19,20). The highest BCUT2D eigenvalue weighted by Gasteiger charge is 2.09. The molecule has 2 unspecified atom stereocenters. The van der Waals surface area contributed by atoms with Crippen LogP contribution in [0.25, 0.3) is 0 Å². The normalized spacial score (nSPS) is 14.1. The zero-order valence-electron chi connectivity index (χ0n) is 14.3. The third kappa shape index (κ3) is 6.24. The molecule has 1 rings (SSSR count). The molecule has 1 aromatic carbocycles. The molecule has 0 heterocycles. The molecule has 0 spiro atoms. The monoisotopic (exact) mass is 307 g/mol. The van der Waals surface area contributed by atoms with Gasteiger partial charge in [0.25, 0.3) is 0 Å². The molecule has 0 saturated carbocycles. The summed E-state index contributed by atoms with van der Waals surface area (Å²) < 4.78 is 11.2. The van der Waals surface area contributed by atoms with Gasteiger partial charge in [0.2, 0.25) is 0 Å². The second kappa shape index (κ2) is 9.92. The van der Waals surface area contributed by atoms with Crippen LogP contribution in [0, 0.1) is 0 Å². The van der Waals surface area contributed by atoms with Crippen LogP contribution in [0.3, 0.4) is 0 Å². The first-order chi connectivity index (χ1) is 10.6. The predicted octanol–water partition coefficient (Wildman–Crippen LogP) is 2.82. The van der Waals surface area contributed by atoms with E-state index in [0.717, 1.165) is 30.4 Å². The van der Waals surface area contributed by atoms with Crippen molar-refractivity contribution in [2.24, 2.45) is 4.99 Å². The maximum atomic E-state index is 5.91. The van der Waals surface area contributed by atoms with E-state index in [1.165, 1.54) is 0 Å². The first kappa shape index (κ1) is 18.1. The minimum atomic E-state index is -0.0383. The lowest BCUT2D eigenvalue weighted by Gasteiger charge is -2.18. The van der Waals surface area contributed by atoms with Gasteiger partial charge in [-0.2, -0.15) is 0 Å². The first-order valence-electron chi connectivity index (χ1n) is 7.95. The molecule has 0 radical (unpaired) electrons. The van der Waals surface area contributed by atoms with Crippen LogP contribution in [0.15, 0.2) is 29.3 Å². The van der Waals surface area contributed by atoms with Crippen molar-refractivity contribution in [3.63, 3.8) is 0 Å². The molecule has 0 amide bonds. The van der Waals surface area contributed by atoms with Gasteiger partial charge in [0.1, 0.15) is 6.10 Å². The maximum Gasteiger partial charge on any atom is 0.191 e. The number of methoxy groups -OCH3 is 1. The Morgan fingerprint density at radius 1 is 1.18 bits per heavy atom. The van der Waals surface area contributed by atoms with E-state index >= 15 is 0 Å². The van der Waals surface area contributed by atoms with Crippen molar-refractivity contribution in [2.75, 3.05) is 20.2 Å². The molecule has 0 aliphatic heterocycles. The minimum absolute atomic E-state index is 0.0383. The number of aliphatic imine (C=N–C) groups is 1. The second-order valence-electron chi connectivity index (χ2n) is 5.25. The molecule has 0 aliphatic carbocycles. The topological polar surface area (TPSA) is 54.9 Å². The summed E-state index contributed by atoms with van der Waals surface area (Å²) in [6.07, 6.45) is 1.02. The first-order valence-corrected chi connectivity index (χ1v) is 7.95. The fourth-order valence-corrected chi connectivity index (χ4v) is 1.85. The van der Waals surface area contributed by atoms with Crippen LogP contribution in [0.2, 0.25) is 0 Å². The highest BCUT2D eigenvalue weighted by molar-refractivity contribution is 5.80. The van der Waals surface area contributed by atoms with Crippen molar-refractivity contribution in [1.29, 1.82) is 0 Å². The van der Waals surface area contributed by atoms with Gasteiger partial charge in [-0.1, -0.05) is 19.1 Å². The van der Waals surface area contributed by atoms with Gasteiger partial charge >= 0.3 is 0 Å². The summed E-state index contributed by atoms with van der Waals surface area (Å²) in [5, 5.41) is 6.62. The molecule has 124 valence electrons. The van der Waals surface area contributed by atoms with Crippen LogP contribution in [-0.4, -0.2) is 38.3 Å². The number of nitrogens with zero attached hydrogens (tertiary/aromatic N) is 1. The van der Waals surface area contributed by atoms with E-state index in [0.29, 0.717) is 12.6 Å². The average Bonchev–Trinajstić information content (AvgIpc) is 2.53. The van der Waals surface area contributed by atoms with Gasteiger partial charge in [-0.25, -0.2) is 4.99 Å². The Morgan fingerprint density at radius 3 is 2.45 bits per heavy atom. The number of nitrogens with one attached hydrogen (secondary N) is 2. The van der Waals surface area contributed by atoms with Crippen molar-refractivity contribution < 1.29 is 9.47 Å². The van der Waals surface area contributed by atoms with Crippen LogP contribution in [0.5, 0.6) is 11.5 Å². The summed E-state index contributed by atoms with van der Waals surface area (Å²) in [5.74, 6) is 2.31. The van der Waals surface area contributed by atoms with Gasteiger partial charge in [-0.05, 0) is 39.3 Å². The number of benzene rings is 1. The summed E-state index contributed by atoms with van der Waals surface area (Å²) in [7, 11) is 1.64. The Hall–Kier alpha value is -1.91. The Kier molecular flexibility index (Phi) is 8.18. The van der Waals surface area contributed by atoms with Crippen molar-refractivity contribution in [3.8, 4) is 11.5 Å². The lowest BCUT2D eigenvalue weighted by Crippen LogP contribution is -2.42. The Balaban J connectivity index is 2.61. The molecule has 2 atom stereocenters. The highest BCUT2D eigenvalue weighted by atomic mass is 16.5. The summed E-state index contributed by atoms with van der Waals surface area (Å²) in [5.41, 5.74) is 0. The van der Waals surface area contributed by atoms with E-state index in [9.17, 15) is 0 Å². The SMILES string of the molecule is CCNC(=NCC(C)Oc1ccccc1OC)NC(C)CC. The minimum Gasteiger partial charge on any atom is -0.493 e. The maximum absolute atomic E-state index is 5.91. The smallest absolute Gasteiger partial charge is 0.191 e. The summed E-state index contributed by atoms with van der Waals surface area (Å²) in [4.78, 5) is 4.58. The van der Waals surface area contributed by atoms with Crippen LogP contribution in [0.4, 0.5) is 0 Å².